The van der Waals surface area contributed by atoms with Crippen molar-refractivity contribution in [2.75, 3.05) is 5.75 Å². The minimum atomic E-state index is 0.527. The van der Waals surface area contributed by atoms with E-state index in [2.05, 4.69) is 19.6 Å². The molecule has 3 heteroatoms. The first kappa shape index (κ1) is 11.2. The van der Waals surface area contributed by atoms with Crippen molar-refractivity contribution >= 4 is 35.8 Å². The van der Waals surface area contributed by atoms with E-state index in [1.807, 2.05) is 12.1 Å². The lowest BCUT2D eigenvalue weighted by molar-refractivity contribution is 0.661. The third kappa shape index (κ3) is 3.08. The van der Waals surface area contributed by atoms with E-state index < -0.39 is 0 Å². The third-order valence-corrected chi connectivity index (χ3v) is 3.39. The third-order valence-electron chi connectivity index (χ3n) is 1.91. The summed E-state index contributed by atoms with van der Waals surface area (Å²) in [6, 6.07) is 5.74. The summed E-state index contributed by atoms with van der Waals surface area (Å²) in [5.74, 6) is 1.39. The highest BCUT2D eigenvalue weighted by molar-refractivity contribution is 7.80. The molecule has 0 amide bonds. The Bertz CT molecular complexity index is 286. The fourth-order valence-corrected chi connectivity index (χ4v) is 1.67. The maximum atomic E-state index is 6.04. The molecule has 0 aliphatic heterocycles. The number of thiol groups is 1. The summed E-state index contributed by atoms with van der Waals surface area (Å²) >= 11 is 16.2. The first-order valence-electron chi connectivity index (χ1n) is 4.19. The number of rotatable bonds is 3. The summed E-state index contributed by atoms with van der Waals surface area (Å²) in [6.45, 7) is 2.14. The Kier molecular flexibility index (Phi) is 4.43. The van der Waals surface area contributed by atoms with Gasteiger partial charge in [-0.1, -0.05) is 42.3 Å². The molecule has 0 nitrogen and oxygen atoms in total. The first-order chi connectivity index (χ1) is 6.15. The maximum absolute atomic E-state index is 6.04. The minimum absolute atomic E-state index is 0.527. The lowest BCUT2D eigenvalue weighted by atomic mass is 10.0. The molecule has 0 N–H and O–H groups in total. The van der Waals surface area contributed by atoms with Crippen molar-refractivity contribution in [2.45, 2.75) is 13.3 Å². The molecule has 0 saturated heterocycles. The fourth-order valence-electron chi connectivity index (χ4n) is 1.15. The fraction of sp³-hybridized carbons (Fsp3) is 0.400. The molecule has 0 fully saturated rings. The van der Waals surface area contributed by atoms with E-state index in [4.69, 9.17) is 23.2 Å². The van der Waals surface area contributed by atoms with Crippen LogP contribution in [0.15, 0.2) is 18.2 Å². The summed E-state index contributed by atoms with van der Waals surface area (Å²) in [6.07, 6.45) is 0.933. The molecule has 0 aromatic heterocycles. The molecule has 0 heterocycles. The van der Waals surface area contributed by atoms with Gasteiger partial charge in [0.25, 0.3) is 0 Å². The molecule has 0 bridgehead atoms. The van der Waals surface area contributed by atoms with Gasteiger partial charge in [0.2, 0.25) is 0 Å². The van der Waals surface area contributed by atoms with Gasteiger partial charge in [-0.3, -0.25) is 0 Å². The topological polar surface area (TPSA) is 0 Å². The van der Waals surface area contributed by atoms with Gasteiger partial charge in [-0.25, -0.2) is 0 Å². The average Bonchev–Trinajstić information content (AvgIpc) is 2.13. The predicted octanol–water partition coefficient (Wildman–Crippen LogP) is 4.10. The number of hydrogen-bond donors (Lipinski definition) is 1. The highest BCUT2D eigenvalue weighted by atomic mass is 35.5. The van der Waals surface area contributed by atoms with Crippen LogP contribution in [0.1, 0.15) is 12.5 Å². The molecule has 0 radical (unpaired) electrons. The molecule has 72 valence electrons. The molecular weight excluding hydrogens is 223 g/mol. The summed E-state index contributed by atoms with van der Waals surface area (Å²) in [5, 5.41) is 1.31. The van der Waals surface area contributed by atoms with E-state index in [0.29, 0.717) is 16.0 Å². The van der Waals surface area contributed by atoms with Crippen molar-refractivity contribution in [2.24, 2.45) is 5.92 Å². The van der Waals surface area contributed by atoms with Crippen molar-refractivity contribution in [3.05, 3.63) is 33.8 Å². The lowest BCUT2D eigenvalue weighted by Gasteiger charge is -2.09. The number of halogens is 2. The highest BCUT2D eigenvalue weighted by Crippen LogP contribution is 2.27. The molecule has 0 aliphatic carbocycles. The Morgan fingerprint density at radius 1 is 1.38 bits per heavy atom. The van der Waals surface area contributed by atoms with Crippen LogP contribution in [-0.2, 0) is 6.42 Å². The Labute approximate surface area is 94.7 Å². The molecule has 13 heavy (non-hydrogen) atoms. The average molecular weight is 235 g/mol. The van der Waals surface area contributed by atoms with Gasteiger partial charge >= 0.3 is 0 Å². The van der Waals surface area contributed by atoms with E-state index in [1.54, 1.807) is 6.07 Å². The van der Waals surface area contributed by atoms with Crippen molar-refractivity contribution in [3.63, 3.8) is 0 Å². The zero-order valence-electron chi connectivity index (χ0n) is 7.43. The molecule has 0 spiro atoms. The SMILES string of the molecule is CC(CS)Cc1cccc(Cl)c1Cl. The summed E-state index contributed by atoms with van der Waals surface area (Å²) in [5.41, 5.74) is 1.11. The zero-order valence-corrected chi connectivity index (χ0v) is 9.83. The normalized spacial score (nSPS) is 12.9. The zero-order chi connectivity index (χ0) is 9.84. The molecule has 1 aromatic rings. The second kappa shape index (κ2) is 5.14. The molecule has 1 aromatic carbocycles. The van der Waals surface area contributed by atoms with E-state index in [1.165, 1.54) is 0 Å². The lowest BCUT2D eigenvalue weighted by Crippen LogP contribution is -2.01. The van der Waals surface area contributed by atoms with E-state index in [0.717, 1.165) is 17.7 Å². The molecule has 0 aliphatic rings. The Balaban J connectivity index is 2.83. The van der Waals surface area contributed by atoms with Crippen molar-refractivity contribution in [3.8, 4) is 0 Å². The smallest absolute Gasteiger partial charge is 0.0624 e. The number of hydrogen-bond acceptors (Lipinski definition) is 1. The Morgan fingerprint density at radius 2 is 2.08 bits per heavy atom. The highest BCUT2D eigenvalue weighted by Gasteiger charge is 2.07. The van der Waals surface area contributed by atoms with Crippen molar-refractivity contribution < 1.29 is 0 Å². The Morgan fingerprint density at radius 3 is 2.69 bits per heavy atom. The summed E-state index contributed by atoms with van der Waals surface area (Å²) in [4.78, 5) is 0. The van der Waals surface area contributed by atoms with Crippen LogP contribution < -0.4 is 0 Å². The maximum Gasteiger partial charge on any atom is 0.0624 e. The Hall–Kier alpha value is 0.150. The number of benzene rings is 1. The van der Waals surface area contributed by atoms with Gasteiger partial charge in [0, 0.05) is 0 Å². The van der Waals surface area contributed by atoms with Gasteiger partial charge in [-0.05, 0) is 29.7 Å². The van der Waals surface area contributed by atoms with Gasteiger partial charge in [0.15, 0.2) is 0 Å². The van der Waals surface area contributed by atoms with Gasteiger partial charge in [-0.2, -0.15) is 12.6 Å². The van der Waals surface area contributed by atoms with Crippen LogP contribution in [0.4, 0.5) is 0 Å². The quantitative estimate of drug-likeness (QED) is 0.749. The molecule has 1 rings (SSSR count). The van der Waals surface area contributed by atoms with Crippen LogP contribution in [0.2, 0.25) is 10.0 Å². The van der Waals surface area contributed by atoms with Crippen LogP contribution in [0.5, 0.6) is 0 Å². The van der Waals surface area contributed by atoms with Gasteiger partial charge in [0.1, 0.15) is 0 Å². The van der Waals surface area contributed by atoms with Crippen molar-refractivity contribution in [1.82, 2.24) is 0 Å². The standard InChI is InChI=1S/C10H12Cl2S/c1-7(6-13)5-8-3-2-4-9(11)10(8)12/h2-4,7,13H,5-6H2,1H3. The molecular formula is C10H12Cl2S. The van der Waals surface area contributed by atoms with E-state index >= 15 is 0 Å². The van der Waals surface area contributed by atoms with Crippen LogP contribution in [0.25, 0.3) is 0 Å². The van der Waals surface area contributed by atoms with Crippen LogP contribution in [-0.4, -0.2) is 5.75 Å². The minimum Gasteiger partial charge on any atom is -0.179 e. The summed E-state index contributed by atoms with van der Waals surface area (Å²) < 4.78 is 0. The molecule has 1 unspecified atom stereocenters. The van der Waals surface area contributed by atoms with Crippen LogP contribution >= 0.6 is 35.8 Å². The van der Waals surface area contributed by atoms with Crippen molar-refractivity contribution in [1.29, 1.82) is 0 Å². The monoisotopic (exact) mass is 234 g/mol. The van der Waals surface area contributed by atoms with Crippen LogP contribution in [0.3, 0.4) is 0 Å². The van der Waals surface area contributed by atoms with Gasteiger partial charge in [0.05, 0.1) is 10.0 Å². The summed E-state index contributed by atoms with van der Waals surface area (Å²) in [7, 11) is 0. The van der Waals surface area contributed by atoms with Crippen LogP contribution in [0, 0.1) is 5.92 Å². The molecule has 0 saturated carbocycles. The second-order valence-corrected chi connectivity index (χ2v) is 4.36. The molecule has 1 atom stereocenters. The van der Waals surface area contributed by atoms with Gasteiger partial charge in [-0.15, -0.1) is 0 Å². The first-order valence-corrected chi connectivity index (χ1v) is 5.57. The largest absolute Gasteiger partial charge is 0.179 e. The van der Waals surface area contributed by atoms with E-state index in [-0.39, 0.29) is 0 Å². The van der Waals surface area contributed by atoms with Gasteiger partial charge < -0.3 is 0 Å². The predicted molar refractivity (Wildman–Crippen MR) is 63.2 cm³/mol. The van der Waals surface area contributed by atoms with E-state index in [9.17, 15) is 0 Å². The second-order valence-electron chi connectivity index (χ2n) is 3.20.